The van der Waals surface area contributed by atoms with E-state index >= 15 is 0 Å². The molecule has 0 spiro atoms. The molecule has 1 aliphatic heterocycles. The first kappa shape index (κ1) is 16.4. The third kappa shape index (κ3) is 3.23. The number of aromatic nitrogens is 4. The van der Waals surface area contributed by atoms with Crippen LogP contribution in [0.4, 0.5) is 5.82 Å². The Morgan fingerprint density at radius 2 is 1.92 bits per heavy atom. The summed E-state index contributed by atoms with van der Waals surface area (Å²) in [6.45, 7) is 2.11. The summed E-state index contributed by atoms with van der Waals surface area (Å²) in [7, 11) is 2.07. The fourth-order valence-corrected chi connectivity index (χ4v) is 4.17. The summed E-state index contributed by atoms with van der Waals surface area (Å²) >= 11 is 1.65. The number of hydrogen-bond acceptors (Lipinski definition) is 5. The van der Waals surface area contributed by atoms with Crippen LogP contribution in [0.3, 0.4) is 0 Å². The van der Waals surface area contributed by atoms with E-state index in [2.05, 4.69) is 62.0 Å². The number of pyridine rings is 1. The van der Waals surface area contributed by atoms with Crippen LogP contribution >= 0.6 is 11.8 Å². The standard InChI is InChI=1S/C19H23N5S/c1-23-17(21-22-19(23)25-2)13-14-8-11-24(12-9-14)18-16-6-4-3-5-15(16)7-10-20-18/h3-7,10,14H,8-9,11-13H2,1-2H3. The molecule has 4 rings (SSSR count). The van der Waals surface area contributed by atoms with Crippen LogP contribution in [-0.4, -0.2) is 39.1 Å². The zero-order chi connectivity index (χ0) is 17.2. The summed E-state index contributed by atoms with van der Waals surface area (Å²) in [4.78, 5) is 7.10. The maximum absolute atomic E-state index is 4.66. The van der Waals surface area contributed by atoms with Crippen molar-refractivity contribution in [2.24, 2.45) is 13.0 Å². The molecular weight excluding hydrogens is 330 g/mol. The third-order valence-corrected chi connectivity index (χ3v) is 5.87. The van der Waals surface area contributed by atoms with Crippen molar-refractivity contribution in [3.63, 3.8) is 0 Å². The lowest BCUT2D eigenvalue weighted by Gasteiger charge is -2.33. The normalized spacial score (nSPS) is 15.8. The molecule has 0 saturated carbocycles. The minimum absolute atomic E-state index is 0.670. The van der Waals surface area contributed by atoms with Crippen molar-refractivity contribution in [1.82, 2.24) is 19.7 Å². The quantitative estimate of drug-likeness (QED) is 0.671. The van der Waals surface area contributed by atoms with Gasteiger partial charge in [0.1, 0.15) is 11.6 Å². The molecule has 2 aromatic heterocycles. The molecule has 6 heteroatoms. The van der Waals surface area contributed by atoms with E-state index in [1.807, 2.05) is 12.5 Å². The summed E-state index contributed by atoms with van der Waals surface area (Å²) in [6.07, 6.45) is 7.33. The van der Waals surface area contributed by atoms with Gasteiger partial charge in [-0.2, -0.15) is 0 Å². The summed E-state index contributed by atoms with van der Waals surface area (Å²) < 4.78 is 2.13. The van der Waals surface area contributed by atoms with E-state index in [1.54, 1.807) is 11.8 Å². The van der Waals surface area contributed by atoms with Gasteiger partial charge < -0.3 is 9.47 Å². The molecule has 3 heterocycles. The van der Waals surface area contributed by atoms with Gasteiger partial charge in [-0.25, -0.2) is 4.98 Å². The number of anilines is 1. The average Bonchev–Trinajstić information content (AvgIpc) is 3.01. The molecule has 0 atom stereocenters. The summed E-state index contributed by atoms with van der Waals surface area (Å²) in [5.74, 6) is 2.90. The van der Waals surface area contributed by atoms with Crippen molar-refractivity contribution in [3.8, 4) is 0 Å². The molecule has 1 aliphatic rings. The second-order valence-corrected chi connectivity index (χ2v) is 7.43. The Morgan fingerprint density at radius 1 is 1.12 bits per heavy atom. The predicted octanol–water partition coefficient (Wildman–Crippen LogP) is 3.54. The first-order valence-corrected chi connectivity index (χ1v) is 9.99. The molecule has 1 fully saturated rings. The average molecular weight is 353 g/mol. The Bertz CT molecular complexity index is 862. The van der Waals surface area contributed by atoms with Crippen LogP contribution < -0.4 is 4.90 Å². The minimum Gasteiger partial charge on any atom is -0.356 e. The number of benzene rings is 1. The van der Waals surface area contributed by atoms with E-state index < -0.39 is 0 Å². The molecule has 0 N–H and O–H groups in total. The summed E-state index contributed by atoms with van der Waals surface area (Å²) in [6, 6.07) is 10.6. The van der Waals surface area contributed by atoms with E-state index in [0.717, 1.165) is 36.3 Å². The zero-order valence-corrected chi connectivity index (χ0v) is 15.5. The SMILES string of the molecule is CSc1nnc(CC2CCN(c3nccc4ccccc34)CC2)n1C. The van der Waals surface area contributed by atoms with Crippen LogP contribution in [0.5, 0.6) is 0 Å². The topological polar surface area (TPSA) is 46.8 Å². The van der Waals surface area contributed by atoms with Crippen LogP contribution in [-0.2, 0) is 13.5 Å². The lowest BCUT2D eigenvalue weighted by molar-refractivity contribution is 0.391. The number of thioether (sulfide) groups is 1. The van der Waals surface area contributed by atoms with Crippen molar-refractivity contribution in [2.75, 3.05) is 24.2 Å². The number of nitrogens with zero attached hydrogens (tertiary/aromatic N) is 5. The van der Waals surface area contributed by atoms with Crippen molar-refractivity contribution < 1.29 is 0 Å². The van der Waals surface area contributed by atoms with Gasteiger partial charge in [-0.3, -0.25) is 0 Å². The Hall–Kier alpha value is -2.08. The lowest BCUT2D eigenvalue weighted by atomic mass is 9.93. The van der Waals surface area contributed by atoms with Crippen LogP contribution in [0.25, 0.3) is 10.8 Å². The molecule has 0 unspecified atom stereocenters. The lowest BCUT2D eigenvalue weighted by Crippen LogP contribution is -2.35. The summed E-state index contributed by atoms with van der Waals surface area (Å²) in [5, 5.41) is 12.1. The molecule has 5 nitrogen and oxygen atoms in total. The van der Waals surface area contributed by atoms with Crippen LogP contribution in [0.2, 0.25) is 0 Å². The molecule has 3 aromatic rings. The fourth-order valence-electron chi connectivity index (χ4n) is 3.66. The molecule has 0 aliphatic carbocycles. The van der Waals surface area contributed by atoms with Crippen LogP contribution in [0.1, 0.15) is 18.7 Å². The minimum atomic E-state index is 0.670. The van der Waals surface area contributed by atoms with Gasteiger partial charge in [0.15, 0.2) is 5.16 Å². The largest absolute Gasteiger partial charge is 0.356 e. The van der Waals surface area contributed by atoms with Crippen molar-refractivity contribution >= 4 is 28.4 Å². The highest BCUT2D eigenvalue weighted by atomic mass is 32.2. The smallest absolute Gasteiger partial charge is 0.190 e. The van der Waals surface area contributed by atoms with E-state index in [-0.39, 0.29) is 0 Å². The zero-order valence-electron chi connectivity index (χ0n) is 14.7. The molecule has 1 saturated heterocycles. The van der Waals surface area contributed by atoms with E-state index in [4.69, 9.17) is 0 Å². The van der Waals surface area contributed by atoms with Crippen LogP contribution in [0, 0.1) is 5.92 Å². The van der Waals surface area contributed by atoms with Gasteiger partial charge in [-0.15, -0.1) is 10.2 Å². The van der Waals surface area contributed by atoms with E-state index in [9.17, 15) is 0 Å². The van der Waals surface area contributed by atoms with Gasteiger partial charge in [0.25, 0.3) is 0 Å². The van der Waals surface area contributed by atoms with Crippen molar-refractivity contribution in [2.45, 2.75) is 24.4 Å². The van der Waals surface area contributed by atoms with Gasteiger partial charge in [-0.05, 0) is 36.5 Å². The monoisotopic (exact) mass is 353 g/mol. The molecule has 0 bridgehead atoms. The molecule has 1 aromatic carbocycles. The third-order valence-electron chi connectivity index (χ3n) is 5.15. The molecule has 130 valence electrons. The van der Waals surface area contributed by atoms with Gasteiger partial charge in [0, 0.05) is 38.1 Å². The van der Waals surface area contributed by atoms with Crippen LogP contribution in [0.15, 0.2) is 41.7 Å². The Balaban J connectivity index is 1.45. The van der Waals surface area contributed by atoms with E-state index in [1.165, 1.54) is 23.6 Å². The Morgan fingerprint density at radius 3 is 2.68 bits per heavy atom. The highest BCUT2D eigenvalue weighted by molar-refractivity contribution is 7.98. The second-order valence-electron chi connectivity index (χ2n) is 6.65. The molecule has 25 heavy (non-hydrogen) atoms. The Labute approximate surface area is 152 Å². The van der Waals surface area contributed by atoms with Gasteiger partial charge in [0.2, 0.25) is 0 Å². The fraction of sp³-hybridized carbons (Fsp3) is 0.421. The van der Waals surface area contributed by atoms with Gasteiger partial charge in [-0.1, -0.05) is 36.0 Å². The van der Waals surface area contributed by atoms with E-state index in [0.29, 0.717) is 5.92 Å². The van der Waals surface area contributed by atoms with Crippen molar-refractivity contribution in [1.29, 1.82) is 0 Å². The predicted molar refractivity (Wildman–Crippen MR) is 103 cm³/mol. The number of fused-ring (bicyclic) bond motifs is 1. The van der Waals surface area contributed by atoms with Gasteiger partial charge in [0.05, 0.1) is 0 Å². The number of piperidine rings is 1. The second kappa shape index (κ2) is 7.04. The maximum Gasteiger partial charge on any atom is 0.190 e. The molecular formula is C19H23N5S. The Kier molecular flexibility index (Phi) is 4.61. The number of rotatable bonds is 4. The van der Waals surface area contributed by atoms with Crippen molar-refractivity contribution in [3.05, 3.63) is 42.4 Å². The first-order valence-electron chi connectivity index (χ1n) is 8.77. The van der Waals surface area contributed by atoms with Gasteiger partial charge >= 0.3 is 0 Å². The highest BCUT2D eigenvalue weighted by Gasteiger charge is 2.23. The number of hydrogen-bond donors (Lipinski definition) is 0. The molecule has 0 radical (unpaired) electrons. The summed E-state index contributed by atoms with van der Waals surface area (Å²) in [5.41, 5.74) is 0. The highest BCUT2D eigenvalue weighted by Crippen LogP contribution is 2.29. The maximum atomic E-state index is 4.66. The first-order chi connectivity index (χ1) is 12.3. The molecule has 0 amide bonds.